The average Bonchev–Trinajstić information content (AvgIpc) is 2.31. The highest BCUT2D eigenvalue weighted by Crippen LogP contribution is 2.10. The summed E-state index contributed by atoms with van der Waals surface area (Å²) in [6.45, 7) is 0.523. The van der Waals surface area contributed by atoms with Crippen molar-refractivity contribution in [2.45, 2.75) is 6.42 Å². The lowest BCUT2D eigenvalue weighted by molar-refractivity contribution is 0.177. The summed E-state index contributed by atoms with van der Waals surface area (Å²) in [6.07, 6.45) is -0.338. The van der Waals surface area contributed by atoms with Crippen molar-refractivity contribution in [3.8, 4) is 0 Å². The first-order chi connectivity index (χ1) is 8.46. The Bertz CT molecular complexity index is 498. The Kier molecular flexibility index (Phi) is 4.93. The van der Waals surface area contributed by atoms with Crippen molar-refractivity contribution in [3.63, 3.8) is 0 Å². The molecule has 0 saturated carbocycles. The molecular formula is C10H15N3O4S. The maximum atomic E-state index is 11.4. The first-order valence-corrected chi connectivity index (χ1v) is 6.62. The third kappa shape index (κ3) is 4.60. The zero-order valence-electron chi connectivity index (χ0n) is 9.84. The number of hydrogen-bond donors (Lipinski definition) is 3. The van der Waals surface area contributed by atoms with Crippen molar-refractivity contribution in [2.24, 2.45) is 5.73 Å². The number of rotatable bonds is 5. The van der Waals surface area contributed by atoms with E-state index in [-0.39, 0.29) is 0 Å². The Hall–Kier alpha value is -1.80. The van der Waals surface area contributed by atoms with E-state index in [1.807, 2.05) is 0 Å². The molecule has 0 atom stereocenters. The van der Waals surface area contributed by atoms with Crippen LogP contribution in [0, 0.1) is 0 Å². The van der Waals surface area contributed by atoms with Crippen LogP contribution in [0.2, 0.25) is 0 Å². The van der Waals surface area contributed by atoms with Crippen molar-refractivity contribution in [2.75, 3.05) is 18.4 Å². The predicted octanol–water partition coefficient (Wildman–Crippen LogP) is 0.201. The van der Waals surface area contributed by atoms with Gasteiger partial charge in [0.1, 0.15) is 0 Å². The summed E-state index contributed by atoms with van der Waals surface area (Å²) in [5.74, 6) is 0. The molecule has 1 amide bonds. The van der Waals surface area contributed by atoms with Gasteiger partial charge in [-0.25, -0.2) is 9.52 Å². The third-order valence-electron chi connectivity index (χ3n) is 2.04. The van der Waals surface area contributed by atoms with Gasteiger partial charge in [0.25, 0.3) is 0 Å². The lowest BCUT2D eigenvalue weighted by atomic mass is 10.1. The van der Waals surface area contributed by atoms with Crippen LogP contribution >= 0.6 is 0 Å². The van der Waals surface area contributed by atoms with Gasteiger partial charge in [0.05, 0.1) is 12.8 Å². The molecule has 0 radical (unpaired) electrons. The molecule has 0 fully saturated rings. The maximum absolute atomic E-state index is 11.4. The van der Waals surface area contributed by atoms with Crippen LogP contribution in [0.3, 0.4) is 0 Å². The molecule has 1 aromatic carbocycles. The largest absolute Gasteiger partial charge is 0.452 e. The van der Waals surface area contributed by atoms with Crippen molar-refractivity contribution in [1.82, 2.24) is 4.72 Å². The SMILES string of the molecule is COC(=O)NS(=O)(=O)Nc1ccc(CCN)cc1. The normalized spacial score (nSPS) is 10.8. The van der Waals surface area contributed by atoms with E-state index in [0.29, 0.717) is 18.7 Å². The number of carbonyl (C=O) groups is 1. The smallest absolute Gasteiger partial charge is 0.422 e. The molecular weight excluding hydrogens is 258 g/mol. The minimum absolute atomic E-state index is 0.340. The first kappa shape index (κ1) is 14.3. The highest BCUT2D eigenvalue weighted by Gasteiger charge is 2.13. The van der Waals surface area contributed by atoms with E-state index in [1.54, 1.807) is 29.0 Å². The van der Waals surface area contributed by atoms with E-state index >= 15 is 0 Å². The van der Waals surface area contributed by atoms with Gasteiger partial charge in [-0.15, -0.1) is 0 Å². The van der Waals surface area contributed by atoms with E-state index in [0.717, 1.165) is 12.7 Å². The minimum Gasteiger partial charge on any atom is -0.452 e. The van der Waals surface area contributed by atoms with E-state index in [4.69, 9.17) is 5.73 Å². The van der Waals surface area contributed by atoms with Gasteiger partial charge in [-0.3, -0.25) is 4.72 Å². The molecule has 8 heteroatoms. The third-order valence-corrected chi connectivity index (χ3v) is 2.98. The minimum atomic E-state index is -3.97. The summed E-state index contributed by atoms with van der Waals surface area (Å²) in [4.78, 5) is 10.8. The summed E-state index contributed by atoms with van der Waals surface area (Å²) in [5, 5.41) is 0. The van der Waals surface area contributed by atoms with Crippen LogP contribution in [0.4, 0.5) is 10.5 Å². The van der Waals surface area contributed by atoms with Gasteiger partial charge in [-0.05, 0) is 30.7 Å². The molecule has 0 unspecified atom stereocenters. The van der Waals surface area contributed by atoms with E-state index in [9.17, 15) is 13.2 Å². The monoisotopic (exact) mass is 273 g/mol. The van der Waals surface area contributed by atoms with Crippen molar-refractivity contribution in [1.29, 1.82) is 0 Å². The van der Waals surface area contributed by atoms with Crippen LogP contribution in [-0.2, 0) is 21.4 Å². The number of anilines is 1. The lowest BCUT2D eigenvalue weighted by Gasteiger charge is -2.08. The van der Waals surface area contributed by atoms with Crippen LogP contribution in [0.1, 0.15) is 5.56 Å². The quantitative estimate of drug-likeness (QED) is 0.709. The van der Waals surface area contributed by atoms with Crippen LogP contribution in [0.5, 0.6) is 0 Å². The average molecular weight is 273 g/mol. The number of ether oxygens (including phenoxy) is 1. The maximum Gasteiger partial charge on any atom is 0.422 e. The summed E-state index contributed by atoms with van der Waals surface area (Å²) in [6, 6.07) is 6.68. The highest BCUT2D eigenvalue weighted by atomic mass is 32.2. The summed E-state index contributed by atoms with van der Waals surface area (Å²) < 4.78 is 30.9. The van der Waals surface area contributed by atoms with Gasteiger partial charge in [0.15, 0.2) is 0 Å². The second kappa shape index (κ2) is 6.22. The fraction of sp³-hybridized carbons (Fsp3) is 0.300. The fourth-order valence-electron chi connectivity index (χ4n) is 1.24. The van der Waals surface area contributed by atoms with Crippen molar-refractivity contribution >= 4 is 22.0 Å². The highest BCUT2D eigenvalue weighted by molar-refractivity contribution is 7.91. The Labute approximate surface area is 106 Å². The molecule has 0 spiro atoms. The second-order valence-electron chi connectivity index (χ2n) is 3.43. The number of carbonyl (C=O) groups excluding carboxylic acids is 1. The number of methoxy groups -OCH3 is 1. The van der Waals surface area contributed by atoms with Crippen molar-refractivity contribution < 1.29 is 17.9 Å². The standard InChI is InChI=1S/C10H15N3O4S/c1-17-10(14)13-18(15,16)12-9-4-2-8(3-5-9)6-7-11/h2-5,12H,6-7,11H2,1H3,(H,13,14). The fourth-order valence-corrected chi connectivity index (χ4v) is 2.04. The summed E-state index contributed by atoms with van der Waals surface area (Å²) in [7, 11) is -2.89. The number of nitrogens with one attached hydrogen (secondary N) is 2. The topological polar surface area (TPSA) is 111 Å². The molecule has 1 aromatic rings. The zero-order chi connectivity index (χ0) is 13.6. The van der Waals surface area contributed by atoms with Crippen LogP contribution in [0.25, 0.3) is 0 Å². The van der Waals surface area contributed by atoms with Crippen LogP contribution in [-0.4, -0.2) is 28.2 Å². The predicted molar refractivity (Wildman–Crippen MR) is 67.3 cm³/mol. The van der Waals surface area contributed by atoms with Crippen LogP contribution in [0.15, 0.2) is 24.3 Å². The summed E-state index contributed by atoms with van der Waals surface area (Å²) >= 11 is 0. The van der Waals surface area contributed by atoms with Crippen molar-refractivity contribution in [3.05, 3.63) is 29.8 Å². The number of nitrogens with two attached hydrogens (primary N) is 1. The first-order valence-electron chi connectivity index (χ1n) is 5.14. The molecule has 4 N–H and O–H groups in total. The molecule has 0 saturated heterocycles. The second-order valence-corrected chi connectivity index (χ2v) is 4.85. The Morgan fingerprint density at radius 3 is 2.44 bits per heavy atom. The molecule has 1 rings (SSSR count). The molecule has 18 heavy (non-hydrogen) atoms. The summed E-state index contributed by atoms with van der Waals surface area (Å²) in [5.41, 5.74) is 6.74. The number of benzene rings is 1. The molecule has 0 heterocycles. The molecule has 0 aliphatic heterocycles. The van der Waals surface area contributed by atoms with E-state index in [1.165, 1.54) is 0 Å². The lowest BCUT2D eigenvalue weighted by Crippen LogP contribution is -2.35. The Balaban J connectivity index is 2.69. The van der Waals surface area contributed by atoms with E-state index in [2.05, 4.69) is 9.46 Å². The molecule has 0 aliphatic carbocycles. The van der Waals surface area contributed by atoms with Gasteiger partial charge in [0.2, 0.25) is 0 Å². The molecule has 100 valence electrons. The number of hydrogen-bond acceptors (Lipinski definition) is 5. The molecule has 0 aromatic heterocycles. The van der Waals surface area contributed by atoms with Gasteiger partial charge in [-0.2, -0.15) is 8.42 Å². The van der Waals surface area contributed by atoms with E-state index < -0.39 is 16.3 Å². The molecule has 0 bridgehead atoms. The number of amides is 1. The molecule has 0 aliphatic rings. The van der Waals surface area contributed by atoms with Gasteiger partial charge >= 0.3 is 16.3 Å². The Morgan fingerprint density at radius 2 is 1.94 bits per heavy atom. The van der Waals surface area contributed by atoms with Gasteiger partial charge < -0.3 is 10.5 Å². The van der Waals surface area contributed by atoms with Gasteiger partial charge in [0, 0.05) is 0 Å². The zero-order valence-corrected chi connectivity index (χ0v) is 10.7. The van der Waals surface area contributed by atoms with Crippen LogP contribution < -0.4 is 15.2 Å². The van der Waals surface area contributed by atoms with Gasteiger partial charge in [-0.1, -0.05) is 12.1 Å². The molecule has 7 nitrogen and oxygen atoms in total. The Morgan fingerprint density at radius 1 is 1.33 bits per heavy atom.